The monoisotopic (exact) mass is 616 g/mol. The number of carbonyl (C=O) groups is 3. The van der Waals surface area contributed by atoms with E-state index in [-0.39, 0.29) is 69.5 Å². The second-order valence-corrected chi connectivity index (χ2v) is 11.2. The molecule has 1 aliphatic heterocycles. The molecule has 1 aromatic carbocycles. The molecule has 1 atom stereocenters. The highest BCUT2D eigenvalue weighted by Gasteiger charge is 2.39. The number of aromatic nitrogens is 4. The molecule has 2 fully saturated rings. The van der Waals surface area contributed by atoms with Crippen LogP contribution in [-0.2, 0) is 24.6 Å². The van der Waals surface area contributed by atoms with Crippen LogP contribution in [0.2, 0.25) is 5.02 Å². The van der Waals surface area contributed by atoms with Crippen molar-refractivity contribution in [1.29, 1.82) is 5.26 Å². The predicted molar refractivity (Wildman–Crippen MR) is 149 cm³/mol. The Bertz CT molecular complexity index is 1600. The summed E-state index contributed by atoms with van der Waals surface area (Å²) in [6.07, 6.45) is 0.247. The minimum absolute atomic E-state index is 0.0233. The van der Waals surface area contributed by atoms with E-state index < -0.39 is 17.8 Å². The Morgan fingerprint density at radius 2 is 2.00 bits per heavy atom. The van der Waals surface area contributed by atoms with Crippen molar-refractivity contribution in [2.24, 2.45) is 18.9 Å². The fraction of sp³-hybridized carbons (Fsp3) is 0.429. The second kappa shape index (κ2) is 12.2. The average Bonchev–Trinajstić information content (AvgIpc) is 3.67. The van der Waals surface area contributed by atoms with Gasteiger partial charge in [-0.2, -0.15) is 23.5 Å². The maximum absolute atomic E-state index is 13.6. The quantitative estimate of drug-likeness (QED) is 0.331. The minimum Gasteiger partial charge on any atom is -0.349 e. The number of alkyl halides is 3. The Hall–Kier alpha value is -4.22. The Morgan fingerprint density at radius 1 is 1.23 bits per heavy atom. The summed E-state index contributed by atoms with van der Waals surface area (Å²) in [5.74, 6) is -0.649. The number of carbonyl (C=O) groups excluding carboxylic acids is 3. The summed E-state index contributed by atoms with van der Waals surface area (Å²) in [6.45, 7) is 1.23. The SMILES string of the molecule is Cn1c(-c2cn(CC#N)nc2C(F)(F)F)cnc1C(=O)Nc1ccc(C(=O)NC2CC(CC(=O)[C@@H]3CCNC3)C2)c(Cl)c1. The standard InChI is InChI=1S/C28H28ClF3N8O3/c1-39-22(20-14-40(7-5-33)38-24(20)28(30,31)32)13-35-25(39)27(43)36-17-2-3-19(21(29)11-17)26(42)37-18-8-15(9-18)10-23(41)16-4-6-34-12-16/h2-3,11,13-16,18,34H,4,6-10,12H2,1H3,(H,36,43)(H,37,42)/t15?,16-,18?/m1/s1. The van der Waals surface area contributed by atoms with Gasteiger partial charge in [0.05, 0.1) is 34.1 Å². The molecule has 2 aliphatic rings. The van der Waals surface area contributed by atoms with Gasteiger partial charge >= 0.3 is 6.18 Å². The van der Waals surface area contributed by atoms with Crippen LogP contribution < -0.4 is 16.0 Å². The first kappa shape index (κ1) is 30.2. The number of nitrogens with zero attached hydrogens (tertiary/aromatic N) is 5. The summed E-state index contributed by atoms with van der Waals surface area (Å²) in [7, 11) is 1.38. The van der Waals surface area contributed by atoms with E-state index in [1.165, 1.54) is 29.8 Å². The van der Waals surface area contributed by atoms with Crippen LogP contribution >= 0.6 is 11.6 Å². The maximum Gasteiger partial charge on any atom is 0.435 e. The van der Waals surface area contributed by atoms with Crippen molar-refractivity contribution in [3.05, 3.63) is 52.7 Å². The topological polar surface area (TPSA) is 147 Å². The molecule has 1 aliphatic carbocycles. The van der Waals surface area contributed by atoms with Gasteiger partial charge in [0, 0.05) is 43.9 Å². The van der Waals surface area contributed by atoms with Gasteiger partial charge < -0.3 is 20.5 Å². The molecule has 5 rings (SSSR count). The summed E-state index contributed by atoms with van der Waals surface area (Å²) >= 11 is 6.35. The van der Waals surface area contributed by atoms with E-state index in [0.717, 1.165) is 49.4 Å². The van der Waals surface area contributed by atoms with Gasteiger partial charge in [0.25, 0.3) is 11.8 Å². The number of anilines is 1. The number of ketones is 1. The first-order chi connectivity index (χ1) is 20.4. The molecule has 2 aromatic heterocycles. The van der Waals surface area contributed by atoms with E-state index in [9.17, 15) is 27.6 Å². The van der Waals surface area contributed by atoms with Crippen LogP contribution in [-0.4, -0.2) is 56.1 Å². The molecule has 0 bridgehead atoms. The van der Waals surface area contributed by atoms with Crippen LogP contribution in [0.1, 0.15) is 52.4 Å². The third kappa shape index (κ3) is 6.57. The first-order valence-electron chi connectivity index (χ1n) is 13.6. The fourth-order valence-corrected chi connectivity index (χ4v) is 5.74. The Morgan fingerprint density at radius 3 is 2.65 bits per heavy atom. The molecule has 0 unspecified atom stereocenters. The lowest BCUT2D eigenvalue weighted by atomic mass is 9.76. The fourth-order valence-electron chi connectivity index (χ4n) is 5.47. The zero-order chi connectivity index (χ0) is 30.9. The number of nitriles is 1. The van der Waals surface area contributed by atoms with Gasteiger partial charge in [0.15, 0.2) is 11.5 Å². The van der Waals surface area contributed by atoms with E-state index in [2.05, 4.69) is 26.0 Å². The van der Waals surface area contributed by atoms with Crippen molar-refractivity contribution in [2.45, 2.75) is 44.4 Å². The summed E-state index contributed by atoms with van der Waals surface area (Å²) < 4.78 is 42.8. The van der Waals surface area contributed by atoms with Crippen LogP contribution in [0.15, 0.2) is 30.6 Å². The summed E-state index contributed by atoms with van der Waals surface area (Å²) in [4.78, 5) is 42.1. The van der Waals surface area contributed by atoms with Crippen molar-refractivity contribution >= 4 is 34.9 Å². The molecule has 226 valence electrons. The smallest absolute Gasteiger partial charge is 0.349 e. The molecular weight excluding hydrogens is 589 g/mol. The lowest BCUT2D eigenvalue weighted by Crippen LogP contribution is -2.45. The Kier molecular flexibility index (Phi) is 8.57. The third-order valence-corrected chi connectivity index (χ3v) is 8.09. The largest absolute Gasteiger partial charge is 0.435 e. The normalized spacial score (nSPS) is 19.9. The Balaban J connectivity index is 1.20. The van der Waals surface area contributed by atoms with Crippen molar-refractivity contribution < 1.29 is 27.6 Å². The second-order valence-electron chi connectivity index (χ2n) is 10.8. The van der Waals surface area contributed by atoms with Gasteiger partial charge in [0.1, 0.15) is 12.3 Å². The molecule has 0 radical (unpaired) electrons. The lowest BCUT2D eigenvalue weighted by molar-refractivity contribution is -0.141. The molecule has 1 saturated heterocycles. The first-order valence-corrected chi connectivity index (χ1v) is 14.0. The average molecular weight is 617 g/mol. The van der Waals surface area contributed by atoms with Gasteiger partial charge in [-0.15, -0.1) is 0 Å². The van der Waals surface area contributed by atoms with Crippen LogP contribution in [0, 0.1) is 23.2 Å². The van der Waals surface area contributed by atoms with E-state index in [1.807, 2.05) is 0 Å². The van der Waals surface area contributed by atoms with Crippen molar-refractivity contribution in [3.8, 4) is 17.3 Å². The summed E-state index contributed by atoms with van der Waals surface area (Å²) in [5, 5.41) is 21.1. The number of imidazole rings is 1. The van der Waals surface area contributed by atoms with Gasteiger partial charge in [0.2, 0.25) is 0 Å². The number of benzene rings is 1. The van der Waals surface area contributed by atoms with E-state index in [0.29, 0.717) is 6.42 Å². The molecule has 2 amide bonds. The number of Topliss-reactive ketones (excluding diaryl/α,β-unsaturated/α-hetero) is 1. The van der Waals surface area contributed by atoms with E-state index in [4.69, 9.17) is 16.9 Å². The maximum atomic E-state index is 13.6. The van der Waals surface area contributed by atoms with Gasteiger partial charge in [-0.3, -0.25) is 19.1 Å². The van der Waals surface area contributed by atoms with Gasteiger partial charge in [-0.05, 0) is 49.9 Å². The molecule has 1 saturated carbocycles. The molecule has 3 N–H and O–H groups in total. The molecule has 15 heteroatoms. The van der Waals surface area contributed by atoms with Crippen molar-refractivity contribution in [3.63, 3.8) is 0 Å². The van der Waals surface area contributed by atoms with Crippen LogP contribution in [0.4, 0.5) is 18.9 Å². The van der Waals surface area contributed by atoms with Crippen LogP contribution in [0.25, 0.3) is 11.3 Å². The number of halogens is 4. The summed E-state index contributed by atoms with van der Waals surface area (Å²) in [6, 6.07) is 6.02. The lowest BCUT2D eigenvalue weighted by Gasteiger charge is -2.36. The molecule has 3 aromatic rings. The minimum atomic E-state index is -4.79. The van der Waals surface area contributed by atoms with Crippen LogP contribution in [0.3, 0.4) is 0 Å². The van der Waals surface area contributed by atoms with E-state index in [1.54, 1.807) is 6.07 Å². The zero-order valence-electron chi connectivity index (χ0n) is 23.0. The highest BCUT2D eigenvalue weighted by molar-refractivity contribution is 6.34. The van der Waals surface area contributed by atoms with E-state index >= 15 is 0 Å². The molecule has 0 spiro atoms. The predicted octanol–water partition coefficient (Wildman–Crippen LogP) is 3.81. The number of amides is 2. The number of hydrogen-bond acceptors (Lipinski definition) is 7. The highest BCUT2D eigenvalue weighted by atomic mass is 35.5. The molecular formula is C28H28ClF3N8O3. The molecule has 11 nitrogen and oxygen atoms in total. The zero-order valence-corrected chi connectivity index (χ0v) is 23.8. The van der Waals surface area contributed by atoms with Gasteiger partial charge in [-0.25, -0.2) is 4.98 Å². The van der Waals surface area contributed by atoms with Crippen LogP contribution in [0.5, 0.6) is 0 Å². The number of rotatable bonds is 9. The molecule has 3 heterocycles. The molecule has 43 heavy (non-hydrogen) atoms. The number of nitrogens with one attached hydrogen (secondary N) is 3. The Labute approximate surface area is 249 Å². The van der Waals surface area contributed by atoms with Crippen molar-refractivity contribution in [1.82, 2.24) is 30.0 Å². The van der Waals surface area contributed by atoms with Crippen molar-refractivity contribution in [2.75, 3.05) is 18.4 Å². The number of hydrogen-bond donors (Lipinski definition) is 3. The highest BCUT2D eigenvalue weighted by Crippen LogP contribution is 2.36. The third-order valence-electron chi connectivity index (χ3n) is 7.78. The summed E-state index contributed by atoms with van der Waals surface area (Å²) in [5.41, 5.74) is -1.09. The van der Waals surface area contributed by atoms with Gasteiger partial charge in [-0.1, -0.05) is 11.6 Å².